The van der Waals surface area contributed by atoms with E-state index in [-0.39, 0.29) is 24.9 Å². The van der Waals surface area contributed by atoms with E-state index in [1.165, 1.54) is 11.3 Å². The van der Waals surface area contributed by atoms with Crippen LogP contribution < -0.4 is 10.1 Å². The fourth-order valence-electron chi connectivity index (χ4n) is 2.55. The Morgan fingerprint density at radius 1 is 1.10 bits per heavy atom. The molecule has 0 aliphatic rings. The van der Waals surface area contributed by atoms with Crippen LogP contribution in [0.1, 0.15) is 11.8 Å². The van der Waals surface area contributed by atoms with E-state index in [9.17, 15) is 9.59 Å². The molecule has 1 aromatic heterocycles. The number of carbonyl (C=O) groups excluding carboxylic acids is 2. The lowest BCUT2D eigenvalue weighted by Crippen LogP contribution is -2.20. The van der Waals surface area contributed by atoms with Gasteiger partial charge in [-0.25, -0.2) is 4.98 Å². The number of hydrogen-bond acceptors (Lipinski definition) is 6. The highest BCUT2D eigenvalue weighted by Gasteiger charge is 2.18. The molecule has 2 aromatic carbocycles. The SMILES string of the molecule is CCOC(=O)Cc1sc(NC(=O)COc2ccccc2Cl)nc1-c1ccccc1. The molecule has 0 saturated carbocycles. The van der Waals surface area contributed by atoms with Crippen LogP contribution in [-0.4, -0.2) is 30.1 Å². The lowest BCUT2D eigenvalue weighted by Gasteiger charge is -2.07. The highest BCUT2D eigenvalue weighted by Crippen LogP contribution is 2.32. The smallest absolute Gasteiger partial charge is 0.311 e. The molecular weight excluding hydrogens is 412 g/mol. The molecule has 150 valence electrons. The van der Waals surface area contributed by atoms with E-state index in [1.54, 1.807) is 31.2 Å². The predicted octanol–water partition coefficient (Wildman–Crippen LogP) is 4.59. The van der Waals surface area contributed by atoms with Gasteiger partial charge < -0.3 is 9.47 Å². The minimum atomic E-state index is -0.374. The number of rotatable bonds is 8. The minimum Gasteiger partial charge on any atom is -0.482 e. The second-order valence-electron chi connectivity index (χ2n) is 5.91. The number of nitrogens with zero attached hydrogens (tertiary/aromatic N) is 1. The van der Waals surface area contributed by atoms with Crippen LogP contribution in [0.3, 0.4) is 0 Å². The van der Waals surface area contributed by atoms with Gasteiger partial charge in [0, 0.05) is 10.4 Å². The van der Waals surface area contributed by atoms with Crippen molar-refractivity contribution >= 4 is 39.9 Å². The standard InChI is InChI=1S/C21H19ClN2O4S/c1-2-27-19(26)12-17-20(14-8-4-3-5-9-14)24-21(29-17)23-18(25)13-28-16-11-7-6-10-15(16)22/h3-11H,2,12-13H2,1H3,(H,23,24,25). The summed E-state index contributed by atoms with van der Waals surface area (Å²) < 4.78 is 10.5. The van der Waals surface area contributed by atoms with E-state index in [4.69, 9.17) is 21.1 Å². The van der Waals surface area contributed by atoms with Gasteiger partial charge in [0.2, 0.25) is 0 Å². The zero-order valence-electron chi connectivity index (χ0n) is 15.7. The van der Waals surface area contributed by atoms with E-state index in [2.05, 4.69) is 10.3 Å². The summed E-state index contributed by atoms with van der Waals surface area (Å²) in [6, 6.07) is 16.4. The summed E-state index contributed by atoms with van der Waals surface area (Å²) in [5.74, 6) is -0.286. The number of hydrogen-bond donors (Lipinski definition) is 1. The van der Waals surface area contributed by atoms with Crippen LogP contribution >= 0.6 is 22.9 Å². The number of anilines is 1. The van der Waals surface area contributed by atoms with Crippen LogP contribution in [0.5, 0.6) is 5.75 Å². The van der Waals surface area contributed by atoms with Crippen LogP contribution in [0.15, 0.2) is 54.6 Å². The van der Waals surface area contributed by atoms with Crippen molar-refractivity contribution in [3.05, 3.63) is 64.5 Å². The summed E-state index contributed by atoms with van der Waals surface area (Å²) in [5, 5.41) is 3.53. The fraction of sp³-hybridized carbons (Fsp3) is 0.190. The first kappa shape index (κ1) is 20.8. The van der Waals surface area contributed by atoms with Gasteiger partial charge >= 0.3 is 5.97 Å². The predicted molar refractivity (Wildman–Crippen MR) is 113 cm³/mol. The third-order valence-corrected chi connectivity index (χ3v) is 5.08. The minimum absolute atomic E-state index is 0.0850. The maximum atomic E-state index is 12.3. The average molecular weight is 431 g/mol. The number of esters is 1. The highest BCUT2D eigenvalue weighted by atomic mass is 35.5. The number of amides is 1. The van der Waals surface area contributed by atoms with Crippen LogP contribution in [0, 0.1) is 0 Å². The molecule has 0 unspecified atom stereocenters. The van der Waals surface area contributed by atoms with Crippen molar-refractivity contribution in [2.75, 3.05) is 18.5 Å². The molecule has 3 rings (SSSR count). The van der Waals surface area contributed by atoms with Crippen LogP contribution in [0.4, 0.5) is 5.13 Å². The Morgan fingerprint density at radius 3 is 2.55 bits per heavy atom. The summed E-state index contributed by atoms with van der Waals surface area (Å²) in [6.45, 7) is 1.85. The molecule has 0 fully saturated rings. The van der Waals surface area contributed by atoms with Crippen molar-refractivity contribution < 1.29 is 19.1 Å². The normalized spacial score (nSPS) is 10.4. The Balaban J connectivity index is 1.73. The molecule has 0 aliphatic carbocycles. The molecule has 1 N–H and O–H groups in total. The second-order valence-corrected chi connectivity index (χ2v) is 7.40. The maximum Gasteiger partial charge on any atom is 0.311 e. The molecule has 8 heteroatoms. The monoisotopic (exact) mass is 430 g/mol. The van der Waals surface area contributed by atoms with Gasteiger partial charge in [0.1, 0.15) is 5.75 Å². The molecule has 1 heterocycles. The molecule has 6 nitrogen and oxygen atoms in total. The van der Waals surface area contributed by atoms with Crippen molar-refractivity contribution in [2.45, 2.75) is 13.3 Å². The van der Waals surface area contributed by atoms with Crippen LogP contribution in [0.25, 0.3) is 11.3 Å². The Labute approximate surface area is 177 Å². The van der Waals surface area contributed by atoms with Crippen molar-refractivity contribution in [2.24, 2.45) is 0 Å². The Kier molecular flexibility index (Phi) is 7.21. The Morgan fingerprint density at radius 2 is 1.83 bits per heavy atom. The van der Waals surface area contributed by atoms with E-state index >= 15 is 0 Å². The van der Waals surface area contributed by atoms with Gasteiger partial charge in [-0.15, -0.1) is 11.3 Å². The zero-order chi connectivity index (χ0) is 20.6. The summed E-state index contributed by atoms with van der Waals surface area (Å²) in [7, 11) is 0. The third kappa shape index (κ3) is 5.79. The molecule has 0 saturated heterocycles. The highest BCUT2D eigenvalue weighted by molar-refractivity contribution is 7.16. The first-order chi connectivity index (χ1) is 14.1. The van der Waals surface area contributed by atoms with E-state index in [0.29, 0.717) is 28.2 Å². The number of nitrogens with one attached hydrogen (secondary N) is 1. The summed E-state index contributed by atoms with van der Waals surface area (Å²) in [4.78, 5) is 29.5. The van der Waals surface area contributed by atoms with Gasteiger partial charge in [-0.3, -0.25) is 14.9 Å². The number of thiazole rings is 1. The number of benzene rings is 2. The molecule has 0 atom stereocenters. The number of carbonyl (C=O) groups is 2. The lowest BCUT2D eigenvalue weighted by atomic mass is 10.1. The topological polar surface area (TPSA) is 77.5 Å². The molecule has 0 bridgehead atoms. The van der Waals surface area contributed by atoms with E-state index in [1.807, 2.05) is 30.3 Å². The molecule has 3 aromatic rings. The second kappa shape index (κ2) is 10.0. The van der Waals surface area contributed by atoms with Gasteiger partial charge in [0.05, 0.1) is 23.7 Å². The van der Waals surface area contributed by atoms with Crippen molar-refractivity contribution in [1.29, 1.82) is 0 Å². The molecule has 0 aliphatic heterocycles. The lowest BCUT2D eigenvalue weighted by molar-refractivity contribution is -0.142. The Bertz CT molecular complexity index is 991. The van der Waals surface area contributed by atoms with Gasteiger partial charge in [-0.1, -0.05) is 54.1 Å². The number of aromatic nitrogens is 1. The first-order valence-corrected chi connectivity index (χ1v) is 10.1. The molecule has 1 amide bonds. The number of halogens is 1. The summed E-state index contributed by atoms with van der Waals surface area (Å²) >= 11 is 7.26. The molecular formula is C21H19ClN2O4S. The number of para-hydroxylation sites is 1. The summed E-state index contributed by atoms with van der Waals surface area (Å²) in [6.07, 6.45) is 0.0850. The van der Waals surface area contributed by atoms with Crippen molar-refractivity contribution in [3.63, 3.8) is 0 Å². The van der Waals surface area contributed by atoms with Gasteiger partial charge in [0.15, 0.2) is 11.7 Å². The van der Waals surface area contributed by atoms with Gasteiger partial charge in [-0.05, 0) is 19.1 Å². The van der Waals surface area contributed by atoms with Crippen LogP contribution in [-0.2, 0) is 20.7 Å². The molecule has 0 spiro atoms. The fourth-order valence-corrected chi connectivity index (χ4v) is 3.73. The molecule has 29 heavy (non-hydrogen) atoms. The Hall–Kier alpha value is -2.90. The quantitative estimate of drug-likeness (QED) is 0.529. The zero-order valence-corrected chi connectivity index (χ0v) is 17.3. The first-order valence-electron chi connectivity index (χ1n) is 8.94. The van der Waals surface area contributed by atoms with Gasteiger partial charge in [0.25, 0.3) is 5.91 Å². The number of ether oxygens (including phenoxy) is 2. The largest absolute Gasteiger partial charge is 0.482 e. The third-order valence-electron chi connectivity index (χ3n) is 3.80. The van der Waals surface area contributed by atoms with Crippen LogP contribution in [0.2, 0.25) is 5.02 Å². The van der Waals surface area contributed by atoms with Crippen molar-refractivity contribution in [1.82, 2.24) is 4.98 Å². The van der Waals surface area contributed by atoms with E-state index < -0.39 is 0 Å². The van der Waals surface area contributed by atoms with Crippen molar-refractivity contribution in [3.8, 4) is 17.0 Å². The summed E-state index contributed by atoms with van der Waals surface area (Å²) in [5.41, 5.74) is 1.50. The molecule has 0 radical (unpaired) electrons. The van der Waals surface area contributed by atoms with E-state index in [0.717, 1.165) is 10.4 Å². The van der Waals surface area contributed by atoms with Gasteiger partial charge in [-0.2, -0.15) is 0 Å². The maximum absolute atomic E-state index is 12.3. The average Bonchev–Trinajstić information content (AvgIpc) is 3.10.